The molecule has 0 spiro atoms. The summed E-state index contributed by atoms with van der Waals surface area (Å²) in [5.74, 6) is 0.661. The Hall–Kier alpha value is -3.72. The van der Waals surface area contributed by atoms with Gasteiger partial charge in [0.1, 0.15) is 29.3 Å². The van der Waals surface area contributed by atoms with Crippen LogP contribution in [0.3, 0.4) is 0 Å². The fourth-order valence-electron chi connectivity index (χ4n) is 3.85. The zero-order valence-electron chi connectivity index (χ0n) is 21.1. The molecule has 2 heterocycles. The number of nitrogens with one attached hydrogen (secondary N) is 3. The number of carbonyl (C=O) groups excluding carboxylic acids is 2. The fourth-order valence-corrected chi connectivity index (χ4v) is 4.04. The fraction of sp³-hybridized carbons (Fsp3) is 0.346. The first-order chi connectivity index (χ1) is 17.2. The molecule has 0 bridgehead atoms. The van der Waals surface area contributed by atoms with Crippen molar-refractivity contribution in [2.75, 3.05) is 10.6 Å². The Morgan fingerprint density at radius 2 is 1.83 bits per heavy atom. The van der Waals surface area contributed by atoms with Gasteiger partial charge in [0.15, 0.2) is 0 Å². The van der Waals surface area contributed by atoms with E-state index in [2.05, 4.69) is 25.9 Å². The second-order valence-corrected chi connectivity index (χ2v) is 8.93. The molecule has 3 N–H and O–H groups in total. The molecule has 36 heavy (non-hydrogen) atoms. The van der Waals surface area contributed by atoms with Crippen LogP contribution in [0, 0.1) is 19.8 Å². The third-order valence-electron chi connectivity index (χ3n) is 6.00. The van der Waals surface area contributed by atoms with Crippen molar-refractivity contribution in [3.05, 3.63) is 74.9 Å². The van der Waals surface area contributed by atoms with E-state index in [1.807, 2.05) is 27.7 Å². The molecule has 1 atom stereocenters. The molecule has 1 aromatic carbocycles. The van der Waals surface area contributed by atoms with Crippen LogP contribution in [0.5, 0.6) is 0 Å². The maximum atomic E-state index is 13.7. The Balaban J connectivity index is 0.00000176. The molecule has 2 amide bonds. The Labute approximate surface area is 215 Å². The number of rotatable bonds is 8. The highest BCUT2D eigenvalue weighted by Gasteiger charge is 2.32. The van der Waals surface area contributed by atoms with Gasteiger partial charge >= 0.3 is 0 Å². The number of carbonyl (C=O) groups is 2. The Morgan fingerprint density at radius 3 is 2.47 bits per heavy atom. The molecule has 1 unspecified atom stereocenters. The average Bonchev–Trinajstić information content (AvgIpc) is 3.70. The number of aryl methyl sites for hydroxylation is 1. The van der Waals surface area contributed by atoms with Gasteiger partial charge in [-0.05, 0) is 62.9 Å². The van der Waals surface area contributed by atoms with Crippen LogP contribution < -0.4 is 21.5 Å². The monoisotopic (exact) mass is 510 g/mol. The second-order valence-electron chi connectivity index (χ2n) is 8.49. The number of benzene rings is 1. The van der Waals surface area contributed by atoms with E-state index in [-0.39, 0.29) is 23.1 Å². The van der Waals surface area contributed by atoms with E-state index in [1.54, 1.807) is 43.3 Å². The zero-order chi connectivity index (χ0) is 26.5. The van der Waals surface area contributed by atoms with E-state index in [1.165, 1.54) is 10.9 Å². The first kappa shape index (κ1) is 26.9. The van der Waals surface area contributed by atoms with Gasteiger partial charge in [-0.1, -0.05) is 37.6 Å². The van der Waals surface area contributed by atoms with Gasteiger partial charge in [0, 0.05) is 22.7 Å². The second kappa shape index (κ2) is 11.3. The largest absolute Gasteiger partial charge is 0.336 e. The highest BCUT2D eigenvalue weighted by Crippen LogP contribution is 2.30. The van der Waals surface area contributed by atoms with Gasteiger partial charge < -0.3 is 16.0 Å². The lowest BCUT2D eigenvalue weighted by atomic mass is 9.99. The molecule has 0 aliphatic heterocycles. The molecular weight excluding hydrogens is 480 g/mol. The van der Waals surface area contributed by atoms with Crippen molar-refractivity contribution >= 4 is 41.2 Å². The molecule has 3 aromatic rings. The molecule has 9 nitrogen and oxygen atoms in total. The molecule has 1 fully saturated rings. The first-order valence-corrected chi connectivity index (χ1v) is 12.2. The van der Waals surface area contributed by atoms with Crippen LogP contribution in [0.15, 0.2) is 47.5 Å². The minimum absolute atomic E-state index is 0.0350. The molecule has 1 aliphatic carbocycles. The van der Waals surface area contributed by atoms with Crippen LogP contribution in [0.4, 0.5) is 17.3 Å². The number of nitrogens with zero attached hydrogens (tertiary/aromatic N) is 3. The van der Waals surface area contributed by atoms with E-state index in [0.717, 1.165) is 18.4 Å². The molecule has 4 rings (SSSR count). The first-order valence-electron chi connectivity index (χ1n) is 11.8. The maximum absolute atomic E-state index is 13.7. The number of halogens is 1. The van der Waals surface area contributed by atoms with Crippen LogP contribution in [0.2, 0.25) is 5.02 Å². The van der Waals surface area contributed by atoms with E-state index < -0.39 is 5.66 Å². The van der Waals surface area contributed by atoms with Crippen LogP contribution in [0.1, 0.15) is 50.4 Å². The summed E-state index contributed by atoms with van der Waals surface area (Å²) in [6.45, 7) is 9.42. The molecule has 1 saturated carbocycles. The number of hydrogen-bond acceptors (Lipinski definition) is 6. The van der Waals surface area contributed by atoms with E-state index in [4.69, 9.17) is 11.6 Å². The lowest BCUT2D eigenvalue weighted by molar-refractivity contribution is -0.117. The van der Waals surface area contributed by atoms with Gasteiger partial charge in [-0.2, -0.15) is 0 Å². The third-order valence-corrected chi connectivity index (χ3v) is 6.24. The number of anilines is 3. The summed E-state index contributed by atoms with van der Waals surface area (Å²) < 4.78 is 1.52. The molecular formula is C26H31ClN6O3. The summed E-state index contributed by atoms with van der Waals surface area (Å²) in [4.78, 5) is 45.6. The number of hydrogen-bond donors (Lipinski definition) is 3. The highest BCUT2D eigenvalue weighted by atomic mass is 35.5. The molecule has 190 valence electrons. The van der Waals surface area contributed by atoms with Crippen LogP contribution in [-0.4, -0.2) is 26.9 Å². The summed E-state index contributed by atoms with van der Waals surface area (Å²) in [7, 11) is 0. The van der Waals surface area contributed by atoms with Crippen LogP contribution >= 0.6 is 11.6 Å². The van der Waals surface area contributed by atoms with Crippen molar-refractivity contribution in [2.24, 2.45) is 5.92 Å². The summed E-state index contributed by atoms with van der Waals surface area (Å²) in [6.07, 6.45) is 3.63. The number of amides is 2. The summed E-state index contributed by atoms with van der Waals surface area (Å²) in [5.41, 5.74) is 0.808. The van der Waals surface area contributed by atoms with Crippen molar-refractivity contribution in [2.45, 2.75) is 53.1 Å². The van der Waals surface area contributed by atoms with Crippen molar-refractivity contribution in [3.63, 3.8) is 0 Å². The van der Waals surface area contributed by atoms with Gasteiger partial charge in [0.05, 0.1) is 0 Å². The minimum atomic E-state index is -1.20. The van der Waals surface area contributed by atoms with Gasteiger partial charge in [-0.15, -0.1) is 0 Å². The quantitative estimate of drug-likeness (QED) is 0.384. The summed E-state index contributed by atoms with van der Waals surface area (Å²) >= 11 is 6.20. The Kier molecular flexibility index (Phi) is 8.47. The topological polar surface area (TPSA) is 118 Å². The maximum Gasteiger partial charge on any atom is 0.276 e. The predicted octanol–water partition coefficient (Wildman–Crippen LogP) is 4.49. The Bertz CT molecular complexity index is 1320. The van der Waals surface area contributed by atoms with Gasteiger partial charge in [-0.25, -0.2) is 9.97 Å². The van der Waals surface area contributed by atoms with Gasteiger partial charge in [0.2, 0.25) is 12.3 Å². The highest BCUT2D eigenvalue weighted by molar-refractivity contribution is 6.30. The smallest absolute Gasteiger partial charge is 0.276 e. The van der Waals surface area contributed by atoms with Crippen molar-refractivity contribution < 1.29 is 9.59 Å². The summed E-state index contributed by atoms with van der Waals surface area (Å²) in [6, 6.07) is 10.3. The Morgan fingerprint density at radius 1 is 1.14 bits per heavy atom. The molecule has 0 saturated heterocycles. The molecule has 1 aliphatic rings. The average molecular weight is 511 g/mol. The van der Waals surface area contributed by atoms with E-state index >= 15 is 0 Å². The molecule has 2 aromatic heterocycles. The lowest BCUT2D eigenvalue weighted by Crippen LogP contribution is -2.51. The van der Waals surface area contributed by atoms with Crippen LogP contribution in [0.25, 0.3) is 0 Å². The lowest BCUT2D eigenvalue weighted by Gasteiger charge is -2.34. The van der Waals surface area contributed by atoms with Crippen molar-refractivity contribution in [1.29, 1.82) is 0 Å². The van der Waals surface area contributed by atoms with Gasteiger partial charge in [-0.3, -0.25) is 19.0 Å². The number of aromatic nitrogens is 3. The van der Waals surface area contributed by atoms with Crippen molar-refractivity contribution in [3.8, 4) is 0 Å². The van der Waals surface area contributed by atoms with Crippen molar-refractivity contribution in [1.82, 2.24) is 19.9 Å². The van der Waals surface area contributed by atoms with Gasteiger partial charge in [0.25, 0.3) is 5.56 Å². The van der Waals surface area contributed by atoms with E-state index in [9.17, 15) is 14.4 Å². The molecule has 10 heteroatoms. The normalized spacial score (nSPS) is 14.1. The zero-order valence-corrected chi connectivity index (χ0v) is 21.8. The minimum Gasteiger partial charge on any atom is -0.336 e. The number of pyridine rings is 1. The summed E-state index contributed by atoms with van der Waals surface area (Å²) in [5, 5.41) is 9.08. The molecule has 0 radical (unpaired) electrons. The standard InChI is InChI=1S/C24H25ClN6O3.C2H6/c1-14-9-19(29-20-11-21(27-12-26-20)30-22(33)16-7-8-16)23(34)31(15(14)2)24(3,28-13-32)17-5-4-6-18(25)10-17;1-2/h4-6,9-13,16H,7-8H2,1-3H3,(H,28,32)(H2,26,27,29,30,33);1-2H3. The third kappa shape index (κ3) is 5.73. The SMILES string of the molecule is CC.Cc1cc(Nc2cc(NC(=O)C3CC3)ncn2)c(=O)n(C(C)(NC=O)c2cccc(Cl)c2)c1C. The van der Waals surface area contributed by atoms with Crippen LogP contribution in [-0.2, 0) is 15.3 Å². The van der Waals surface area contributed by atoms with E-state index in [0.29, 0.717) is 34.3 Å². The predicted molar refractivity (Wildman–Crippen MR) is 142 cm³/mol.